The predicted octanol–water partition coefficient (Wildman–Crippen LogP) is 6.13. The Kier molecular flexibility index (Phi) is 11.4. The van der Waals surface area contributed by atoms with Crippen molar-refractivity contribution >= 4 is 50.9 Å². The van der Waals surface area contributed by atoms with Gasteiger partial charge in [-0.1, -0.05) is 48.7 Å². The molecule has 0 spiro atoms. The molecule has 4 rings (SSSR count). The molecule has 1 aliphatic rings. The first kappa shape index (κ1) is 32.7. The molecule has 1 atom stereocenters. The fourth-order valence-corrected chi connectivity index (χ4v) is 7.05. The van der Waals surface area contributed by atoms with Gasteiger partial charge in [0.05, 0.1) is 17.2 Å². The lowest BCUT2D eigenvalue weighted by molar-refractivity contribution is -0.139. The maximum atomic E-state index is 14.2. The van der Waals surface area contributed by atoms with Crippen LogP contribution in [-0.2, 0) is 26.2 Å². The van der Waals surface area contributed by atoms with Gasteiger partial charge in [0.15, 0.2) is 0 Å². The quantitative estimate of drug-likeness (QED) is 0.225. The zero-order valence-electron chi connectivity index (χ0n) is 24.7. The molecule has 3 aromatic rings. The maximum absolute atomic E-state index is 14.2. The van der Waals surface area contributed by atoms with Gasteiger partial charge < -0.3 is 15.0 Å². The Balaban J connectivity index is 1.72. The summed E-state index contributed by atoms with van der Waals surface area (Å²) in [5.74, 6) is -0.469. The van der Waals surface area contributed by atoms with Crippen molar-refractivity contribution in [3.63, 3.8) is 0 Å². The van der Waals surface area contributed by atoms with Crippen LogP contribution in [0.15, 0.2) is 82.6 Å². The minimum absolute atomic E-state index is 0.0423. The number of hydrogen-bond acceptors (Lipinski definition) is 6. The summed E-state index contributed by atoms with van der Waals surface area (Å²) in [6.45, 7) is 3.35. The Labute approximate surface area is 263 Å². The molecular weight excluding hydrogens is 606 g/mol. The fraction of sp³-hybridized carbons (Fsp3) is 0.375. The topological polar surface area (TPSA) is 96.0 Å². The van der Waals surface area contributed by atoms with E-state index in [-0.39, 0.29) is 29.1 Å². The van der Waals surface area contributed by atoms with E-state index in [1.54, 1.807) is 74.5 Å². The normalized spacial score (nSPS) is 14.2. The Hall–Kier alpha value is -3.21. The largest absolute Gasteiger partial charge is 0.492 e. The number of sulfonamides is 1. The highest BCUT2D eigenvalue weighted by atomic mass is 35.5. The second-order valence-electron chi connectivity index (χ2n) is 10.4. The van der Waals surface area contributed by atoms with Crippen LogP contribution >= 0.6 is 23.4 Å². The van der Waals surface area contributed by atoms with E-state index in [0.29, 0.717) is 17.4 Å². The number of amides is 2. The third-order valence-electron chi connectivity index (χ3n) is 7.50. The number of ether oxygens (including phenoxy) is 1. The van der Waals surface area contributed by atoms with E-state index >= 15 is 0 Å². The number of anilines is 1. The van der Waals surface area contributed by atoms with Gasteiger partial charge >= 0.3 is 0 Å². The summed E-state index contributed by atoms with van der Waals surface area (Å²) >= 11 is 7.59. The summed E-state index contributed by atoms with van der Waals surface area (Å²) in [7, 11) is -4.21. The first-order valence-corrected chi connectivity index (χ1v) is 17.4. The first-order valence-electron chi connectivity index (χ1n) is 14.4. The number of benzene rings is 3. The summed E-state index contributed by atoms with van der Waals surface area (Å²) in [6, 6.07) is 19.5. The van der Waals surface area contributed by atoms with Gasteiger partial charge in [-0.15, -0.1) is 11.8 Å². The number of nitrogens with zero attached hydrogens (tertiary/aromatic N) is 2. The van der Waals surface area contributed by atoms with Crippen LogP contribution in [-0.4, -0.2) is 56.6 Å². The van der Waals surface area contributed by atoms with E-state index < -0.39 is 28.5 Å². The molecule has 0 bridgehead atoms. The van der Waals surface area contributed by atoms with E-state index in [2.05, 4.69) is 5.32 Å². The number of hydrogen-bond donors (Lipinski definition) is 1. The first-order chi connectivity index (χ1) is 20.6. The zero-order chi connectivity index (χ0) is 31.0. The molecule has 0 aromatic heterocycles. The van der Waals surface area contributed by atoms with Gasteiger partial charge in [-0.25, -0.2) is 8.42 Å². The van der Waals surface area contributed by atoms with Gasteiger partial charge in [-0.3, -0.25) is 13.9 Å². The monoisotopic (exact) mass is 643 g/mol. The van der Waals surface area contributed by atoms with Crippen LogP contribution in [0.3, 0.4) is 0 Å². The summed E-state index contributed by atoms with van der Waals surface area (Å²) in [5, 5.41) is 3.63. The van der Waals surface area contributed by atoms with E-state index in [0.717, 1.165) is 40.4 Å². The smallest absolute Gasteiger partial charge is 0.264 e. The third-order valence-corrected chi connectivity index (χ3v) is 10.3. The minimum atomic E-state index is -4.21. The molecule has 0 radical (unpaired) electrons. The number of para-hydroxylation sites is 2. The van der Waals surface area contributed by atoms with Gasteiger partial charge in [0, 0.05) is 22.5 Å². The summed E-state index contributed by atoms with van der Waals surface area (Å²) in [4.78, 5) is 30.0. The lowest BCUT2D eigenvalue weighted by atomic mass is 10.1. The number of rotatable bonds is 13. The Bertz CT molecular complexity index is 1490. The highest BCUT2D eigenvalue weighted by Crippen LogP contribution is 2.33. The molecule has 1 N–H and O–H groups in total. The van der Waals surface area contributed by atoms with Gasteiger partial charge in [0.25, 0.3) is 10.0 Å². The second-order valence-corrected chi connectivity index (χ2v) is 13.6. The molecule has 1 aliphatic carbocycles. The van der Waals surface area contributed by atoms with E-state index in [4.69, 9.17) is 16.3 Å². The Morgan fingerprint density at radius 1 is 1.02 bits per heavy atom. The molecule has 0 saturated heterocycles. The Morgan fingerprint density at radius 3 is 2.30 bits per heavy atom. The molecule has 8 nitrogen and oxygen atoms in total. The molecule has 0 unspecified atom stereocenters. The molecule has 0 heterocycles. The van der Waals surface area contributed by atoms with Crippen molar-refractivity contribution in [3.05, 3.63) is 83.4 Å². The average molecular weight is 644 g/mol. The van der Waals surface area contributed by atoms with Crippen LogP contribution in [0.4, 0.5) is 5.69 Å². The lowest BCUT2D eigenvalue weighted by Gasteiger charge is -2.33. The standard InChI is InChI=1S/C32H38ClN3O5S2/c1-4-41-30-12-8-7-11-29(30)36(43(39,40)28-19-17-27(42-3)18-20-28)22-31(37)35(21-24-13-15-25(33)16-14-24)23(2)32(38)34-26-9-5-6-10-26/h7-8,11-20,23,26H,4-6,9-10,21-22H2,1-3H3,(H,34,38)/t23-/m0/s1. The number of halogens is 1. The fourth-order valence-electron chi connectivity index (χ4n) is 5.09. The average Bonchev–Trinajstić information content (AvgIpc) is 3.52. The second kappa shape index (κ2) is 15.0. The lowest BCUT2D eigenvalue weighted by Crippen LogP contribution is -2.52. The van der Waals surface area contributed by atoms with Crippen molar-refractivity contribution in [1.29, 1.82) is 0 Å². The van der Waals surface area contributed by atoms with Crippen LogP contribution in [0.5, 0.6) is 5.75 Å². The highest BCUT2D eigenvalue weighted by Gasteiger charge is 2.34. The molecule has 3 aromatic carbocycles. The van der Waals surface area contributed by atoms with Crippen LogP contribution in [0, 0.1) is 0 Å². The van der Waals surface area contributed by atoms with Crippen molar-refractivity contribution < 1.29 is 22.7 Å². The van der Waals surface area contributed by atoms with Crippen molar-refractivity contribution in [2.45, 2.75) is 68.0 Å². The van der Waals surface area contributed by atoms with Crippen molar-refractivity contribution in [2.24, 2.45) is 0 Å². The Morgan fingerprint density at radius 2 is 1.67 bits per heavy atom. The SMILES string of the molecule is CCOc1ccccc1N(CC(=O)N(Cc1ccc(Cl)cc1)[C@@H](C)C(=O)NC1CCCC1)S(=O)(=O)c1ccc(SC)cc1. The van der Waals surface area contributed by atoms with Crippen LogP contribution in [0.2, 0.25) is 5.02 Å². The molecular formula is C32H38ClN3O5S2. The van der Waals surface area contributed by atoms with E-state index in [1.165, 1.54) is 28.8 Å². The van der Waals surface area contributed by atoms with Gasteiger partial charge in [-0.2, -0.15) is 0 Å². The van der Waals surface area contributed by atoms with Gasteiger partial charge in [-0.05, 0) is 87.0 Å². The zero-order valence-corrected chi connectivity index (χ0v) is 27.1. The summed E-state index contributed by atoms with van der Waals surface area (Å²) in [5.41, 5.74) is 0.996. The van der Waals surface area contributed by atoms with Crippen molar-refractivity contribution in [2.75, 3.05) is 23.7 Å². The van der Waals surface area contributed by atoms with Crippen molar-refractivity contribution in [3.8, 4) is 5.75 Å². The van der Waals surface area contributed by atoms with E-state index in [1.807, 2.05) is 6.26 Å². The summed E-state index contributed by atoms with van der Waals surface area (Å²) in [6.07, 6.45) is 5.82. The molecule has 230 valence electrons. The molecule has 43 heavy (non-hydrogen) atoms. The van der Waals surface area contributed by atoms with Crippen molar-refractivity contribution in [1.82, 2.24) is 10.2 Å². The minimum Gasteiger partial charge on any atom is -0.492 e. The highest BCUT2D eigenvalue weighted by molar-refractivity contribution is 7.98. The molecule has 2 amide bonds. The number of thioether (sulfide) groups is 1. The number of carbonyl (C=O) groups excluding carboxylic acids is 2. The molecule has 0 aliphatic heterocycles. The van der Waals surface area contributed by atoms with Gasteiger partial charge in [0.2, 0.25) is 11.8 Å². The predicted molar refractivity (Wildman–Crippen MR) is 172 cm³/mol. The van der Waals surface area contributed by atoms with Crippen LogP contribution in [0.1, 0.15) is 45.1 Å². The maximum Gasteiger partial charge on any atom is 0.264 e. The molecule has 1 fully saturated rings. The third kappa shape index (κ3) is 8.25. The molecule has 1 saturated carbocycles. The van der Waals surface area contributed by atoms with Crippen LogP contribution in [0.25, 0.3) is 0 Å². The van der Waals surface area contributed by atoms with Crippen LogP contribution < -0.4 is 14.4 Å². The number of carbonyl (C=O) groups is 2. The number of nitrogens with one attached hydrogen (secondary N) is 1. The summed E-state index contributed by atoms with van der Waals surface area (Å²) < 4.78 is 35.2. The van der Waals surface area contributed by atoms with Gasteiger partial charge in [0.1, 0.15) is 18.3 Å². The molecule has 11 heteroatoms. The van der Waals surface area contributed by atoms with E-state index in [9.17, 15) is 18.0 Å².